The number of amides is 2. The first kappa shape index (κ1) is 37.5. The summed E-state index contributed by atoms with van der Waals surface area (Å²) in [5, 5.41) is 5.58. The van der Waals surface area contributed by atoms with Gasteiger partial charge in [0.25, 0.3) is 0 Å². The van der Waals surface area contributed by atoms with Gasteiger partial charge in [0.15, 0.2) is 0 Å². The minimum Gasteiger partial charge on any atom is -0.489 e. The van der Waals surface area contributed by atoms with Crippen LogP contribution in [0.1, 0.15) is 61.9 Å². The highest BCUT2D eigenvalue weighted by molar-refractivity contribution is 5.99. The van der Waals surface area contributed by atoms with Crippen molar-refractivity contribution in [3.63, 3.8) is 0 Å². The third kappa shape index (κ3) is 12.3. The average Bonchev–Trinajstić information content (AvgIpc) is 3.62. The topological polar surface area (TPSA) is 129 Å². The molecule has 1 aromatic heterocycles. The van der Waals surface area contributed by atoms with E-state index in [1.165, 1.54) is 12.3 Å². The smallest absolute Gasteiger partial charge is 0.408 e. The molecule has 11 heteroatoms. The molecule has 11 nitrogen and oxygen atoms in total. The van der Waals surface area contributed by atoms with Crippen LogP contribution in [0, 0.1) is 0 Å². The van der Waals surface area contributed by atoms with E-state index in [0.29, 0.717) is 30.3 Å². The number of benzene rings is 3. The predicted octanol–water partition coefficient (Wildman–Crippen LogP) is 7.01. The summed E-state index contributed by atoms with van der Waals surface area (Å²) in [6, 6.07) is 24.3. The van der Waals surface area contributed by atoms with Gasteiger partial charge in [-0.3, -0.25) is 4.79 Å². The summed E-state index contributed by atoms with van der Waals surface area (Å²) in [5.41, 5.74) is 1.61. The van der Waals surface area contributed by atoms with Crippen molar-refractivity contribution in [1.82, 2.24) is 10.2 Å². The number of rotatable bonds is 17. The summed E-state index contributed by atoms with van der Waals surface area (Å²) >= 11 is 0. The van der Waals surface area contributed by atoms with E-state index in [4.69, 9.17) is 23.4 Å². The SMILES string of the molecule is CCN(CC)CCOC(=O)c1ccc(NC(=O)[C@@H](Cc2ccc(OCc3ccccc3)cc2)NC(=O)OC(C)(C)C)c(OCc2ccco2)c1. The zero-order valence-corrected chi connectivity index (χ0v) is 29.4. The second kappa shape index (κ2) is 18.5. The molecule has 266 valence electrons. The van der Waals surface area contributed by atoms with E-state index in [1.807, 2.05) is 68.4 Å². The van der Waals surface area contributed by atoms with Gasteiger partial charge in [-0.15, -0.1) is 0 Å². The first-order valence-electron chi connectivity index (χ1n) is 16.8. The van der Waals surface area contributed by atoms with Crippen LogP contribution in [-0.2, 0) is 33.9 Å². The zero-order valence-electron chi connectivity index (χ0n) is 29.4. The fraction of sp³-hybridized carbons (Fsp3) is 0.359. The number of ether oxygens (including phenoxy) is 4. The lowest BCUT2D eigenvalue weighted by atomic mass is 10.0. The number of carbonyl (C=O) groups excluding carboxylic acids is 3. The molecule has 0 saturated carbocycles. The van der Waals surface area contributed by atoms with Gasteiger partial charge in [-0.25, -0.2) is 9.59 Å². The van der Waals surface area contributed by atoms with Crippen LogP contribution in [-0.4, -0.2) is 60.8 Å². The number of furan rings is 1. The number of alkyl carbamates (subject to hydrolysis) is 1. The van der Waals surface area contributed by atoms with E-state index in [9.17, 15) is 14.4 Å². The van der Waals surface area contributed by atoms with Gasteiger partial charge < -0.3 is 38.9 Å². The monoisotopic (exact) mass is 685 g/mol. The van der Waals surface area contributed by atoms with Gasteiger partial charge in [-0.05, 0) is 87.5 Å². The van der Waals surface area contributed by atoms with Gasteiger partial charge in [0.2, 0.25) is 5.91 Å². The quantitative estimate of drug-likeness (QED) is 0.113. The molecule has 1 heterocycles. The summed E-state index contributed by atoms with van der Waals surface area (Å²) in [6.07, 6.45) is 0.946. The molecule has 4 aromatic rings. The minimum absolute atomic E-state index is 0.0502. The maximum absolute atomic E-state index is 13.8. The lowest BCUT2D eigenvalue weighted by molar-refractivity contribution is -0.118. The van der Waals surface area contributed by atoms with Gasteiger partial charge in [-0.2, -0.15) is 0 Å². The highest BCUT2D eigenvalue weighted by Crippen LogP contribution is 2.28. The molecule has 3 aromatic carbocycles. The maximum atomic E-state index is 13.8. The molecule has 4 rings (SSSR count). The molecule has 2 N–H and O–H groups in total. The Morgan fingerprint density at radius 3 is 2.24 bits per heavy atom. The predicted molar refractivity (Wildman–Crippen MR) is 190 cm³/mol. The van der Waals surface area contributed by atoms with Crippen molar-refractivity contribution in [2.75, 3.05) is 31.6 Å². The Hall–Kier alpha value is -5.29. The molecular formula is C39H47N3O8. The molecule has 0 fully saturated rings. The van der Waals surface area contributed by atoms with Gasteiger partial charge in [0.05, 0.1) is 17.5 Å². The second-order valence-corrected chi connectivity index (χ2v) is 12.6. The van der Waals surface area contributed by atoms with Crippen molar-refractivity contribution < 1.29 is 37.7 Å². The van der Waals surface area contributed by atoms with Gasteiger partial charge in [0.1, 0.15) is 48.7 Å². The number of nitrogens with one attached hydrogen (secondary N) is 2. The number of hydrogen-bond donors (Lipinski definition) is 2. The highest BCUT2D eigenvalue weighted by atomic mass is 16.6. The fourth-order valence-electron chi connectivity index (χ4n) is 4.88. The highest BCUT2D eigenvalue weighted by Gasteiger charge is 2.26. The molecule has 2 amide bonds. The lowest BCUT2D eigenvalue weighted by Gasteiger charge is -2.24. The Balaban J connectivity index is 1.51. The number of carbonyl (C=O) groups is 3. The number of esters is 1. The molecule has 50 heavy (non-hydrogen) atoms. The maximum Gasteiger partial charge on any atom is 0.408 e. The molecular weight excluding hydrogens is 638 g/mol. The first-order valence-corrected chi connectivity index (χ1v) is 16.8. The normalized spacial score (nSPS) is 11.8. The molecule has 0 saturated heterocycles. The third-order valence-corrected chi connectivity index (χ3v) is 7.58. The van der Waals surface area contributed by atoms with E-state index in [0.717, 1.165) is 24.2 Å². The van der Waals surface area contributed by atoms with Crippen molar-refractivity contribution in [3.8, 4) is 11.5 Å². The molecule has 0 aliphatic heterocycles. The van der Waals surface area contributed by atoms with Crippen molar-refractivity contribution in [1.29, 1.82) is 0 Å². The van der Waals surface area contributed by atoms with E-state index in [2.05, 4.69) is 15.5 Å². The Bertz CT molecular complexity index is 1650. The second-order valence-electron chi connectivity index (χ2n) is 12.6. The fourth-order valence-corrected chi connectivity index (χ4v) is 4.88. The van der Waals surface area contributed by atoms with Gasteiger partial charge in [-0.1, -0.05) is 56.3 Å². The van der Waals surface area contributed by atoms with Crippen LogP contribution in [0.25, 0.3) is 0 Å². The summed E-state index contributed by atoms with van der Waals surface area (Å²) in [7, 11) is 0. The zero-order chi connectivity index (χ0) is 35.9. The van der Waals surface area contributed by atoms with Crippen LogP contribution in [0.2, 0.25) is 0 Å². The molecule has 0 spiro atoms. The van der Waals surface area contributed by atoms with E-state index in [-0.39, 0.29) is 30.9 Å². The molecule has 0 unspecified atom stereocenters. The van der Waals surface area contributed by atoms with Crippen LogP contribution in [0.5, 0.6) is 11.5 Å². The minimum atomic E-state index is -1.02. The van der Waals surface area contributed by atoms with E-state index >= 15 is 0 Å². The molecule has 0 radical (unpaired) electrons. The summed E-state index contributed by atoms with van der Waals surface area (Å²) in [4.78, 5) is 41.8. The molecule has 0 aliphatic rings. The Morgan fingerprint density at radius 1 is 0.840 bits per heavy atom. The Kier molecular flexibility index (Phi) is 13.9. The van der Waals surface area contributed by atoms with Crippen LogP contribution < -0.4 is 20.1 Å². The van der Waals surface area contributed by atoms with Crippen LogP contribution in [0.4, 0.5) is 10.5 Å². The number of anilines is 1. The van der Waals surface area contributed by atoms with Crippen molar-refractivity contribution in [2.24, 2.45) is 0 Å². The van der Waals surface area contributed by atoms with Gasteiger partial charge >= 0.3 is 12.1 Å². The van der Waals surface area contributed by atoms with Crippen molar-refractivity contribution in [2.45, 2.75) is 65.9 Å². The van der Waals surface area contributed by atoms with Crippen LogP contribution in [0.3, 0.4) is 0 Å². The first-order chi connectivity index (χ1) is 24.0. The van der Waals surface area contributed by atoms with Crippen LogP contribution in [0.15, 0.2) is 95.6 Å². The standard InChI is InChI=1S/C39H47N3O8/c1-6-42(7-2)21-23-47-37(44)30-17-20-33(35(25-30)49-27-32-14-11-22-46-32)40-36(43)34(41-38(45)50-39(3,4)5)24-28-15-18-31(19-16-28)48-26-29-12-9-8-10-13-29/h8-20,22,25,34H,6-7,21,23-24,26-27H2,1-5H3,(H,40,43)(H,41,45)/t34-/m1/s1. The number of nitrogens with zero attached hydrogens (tertiary/aromatic N) is 1. The summed E-state index contributed by atoms with van der Waals surface area (Å²) in [5.74, 6) is 0.416. The molecule has 1 atom stereocenters. The van der Waals surface area contributed by atoms with Gasteiger partial charge in [0, 0.05) is 13.0 Å². The van der Waals surface area contributed by atoms with Crippen molar-refractivity contribution in [3.05, 3.63) is 114 Å². The van der Waals surface area contributed by atoms with Crippen molar-refractivity contribution >= 4 is 23.7 Å². The van der Waals surface area contributed by atoms with Crippen LogP contribution >= 0.6 is 0 Å². The Labute approximate surface area is 293 Å². The Morgan fingerprint density at radius 2 is 1.58 bits per heavy atom. The molecule has 0 aliphatic carbocycles. The summed E-state index contributed by atoms with van der Waals surface area (Å²) in [6.45, 7) is 12.4. The largest absolute Gasteiger partial charge is 0.489 e. The number of likely N-dealkylation sites (N-methyl/N-ethyl adjacent to an activating group) is 1. The number of hydrogen-bond acceptors (Lipinski definition) is 9. The average molecular weight is 686 g/mol. The third-order valence-electron chi connectivity index (χ3n) is 7.58. The molecule has 0 bridgehead atoms. The summed E-state index contributed by atoms with van der Waals surface area (Å²) < 4.78 is 28.3. The lowest BCUT2D eigenvalue weighted by Crippen LogP contribution is -2.47. The van der Waals surface area contributed by atoms with E-state index in [1.54, 1.807) is 45.0 Å². The van der Waals surface area contributed by atoms with E-state index < -0.39 is 29.6 Å².